The van der Waals surface area contributed by atoms with Crippen LogP contribution in [0.2, 0.25) is 0 Å². The highest BCUT2D eigenvalue weighted by atomic mass is 17.3. The van der Waals surface area contributed by atoms with Crippen LogP contribution in [0.25, 0.3) is 0 Å². The molecule has 1 saturated carbocycles. The number of fused-ring (bicyclic) bond motifs is 2. The molecule has 1 spiro atoms. The monoisotopic (exact) mass is 495 g/mol. The van der Waals surface area contributed by atoms with Crippen molar-refractivity contribution in [1.82, 2.24) is 4.90 Å². The molecular weight excluding hydrogens is 458 g/mol. The second-order valence-electron chi connectivity index (χ2n) is 11.0. The number of esters is 2. The van der Waals surface area contributed by atoms with Crippen molar-refractivity contribution in [2.75, 3.05) is 13.7 Å². The van der Waals surface area contributed by atoms with E-state index in [9.17, 15) is 14.4 Å². The van der Waals surface area contributed by atoms with Crippen LogP contribution in [0, 0.1) is 23.7 Å². The minimum atomic E-state index is -0.898. The van der Waals surface area contributed by atoms with Gasteiger partial charge in [0, 0.05) is 31.2 Å². The Morgan fingerprint density at radius 2 is 1.83 bits per heavy atom. The summed E-state index contributed by atoms with van der Waals surface area (Å²) in [7, 11) is 1.31. The summed E-state index contributed by atoms with van der Waals surface area (Å²) >= 11 is 0. The first-order chi connectivity index (χ1) is 16.7. The van der Waals surface area contributed by atoms with Gasteiger partial charge in [0.1, 0.15) is 6.04 Å². The molecule has 6 rings (SSSR count). The number of hydrogen-bond acceptors (Lipinski definition) is 9. The van der Waals surface area contributed by atoms with E-state index in [2.05, 4.69) is 6.92 Å². The number of nitrogens with zero attached hydrogens (tertiary/aromatic N) is 1. The van der Waals surface area contributed by atoms with Crippen molar-refractivity contribution in [2.24, 2.45) is 23.7 Å². The van der Waals surface area contributed by atoms with Gasteiger partial charge in [0.05, 0.1) is 13.5 Å². The number of ether oxygens (including phenoxy) is 4. The first kappa shape index (κ1) is 24.9. The van der Waals surface area contributed by atoms with E-state index in [0.29, 0.717) is 25.3 Å². The summed E-state index contributed by atoms with van der Waals surface area (Å²) in [6.45, 7) is 6.60. The quantitative estimate of drug-likeness (QED) is 0.420. The molecule has 5 saturated heterocycles. The molecule has 5 aliphatic heterocycles. The molecule has 10 heteroatoms. The maximum absolute atomic E-state index is 12.8. The van der Waals surface area contributed by atoms with E-state index in [-0.39, 0.29) is 36.5 Å². The molecule has 0 aromatic heterocycles. The second kappa shape index (κ2) is 9.28. The molecule has 1 aliphatic carbocycles. The van der Waals surface area contributed by atoms with E-state index in [1.165, 1.54) is 12.0 Å². The number of carbonyl (C=O) groups is 3. The smallest absolute Gasteiger partial charge is 0.328 e. The Morgan fingerprint density at radius 3 is 2.60 bits per heavy atom. The van der Waals surface area contributed by atoms with Crippen molar-refractivity contribution in [1.29, 1.82) is 0 Å². The lowest BCUT2D eigenvalue weighted by atomic mass is 9.58. The lowest BCUT2D eigenvalue weighted by Gasteiger charge is -2.59. The zero-order chi connectivity index (χ0) is 25.0. The van der Waals surface area contributed by atoms with Gasteiger partial charge in [0.15, 0.2) is 11.9 Å². The van der Waals surface area contributed by atoms with Gasteiger partial charge in [-0.3, -0.25) is 9.59 Å². The standard InChI is InChI=1S/C25H37NO9/c1-14-7-8-17-15(2)22(32-23-25(17)16(14)11-12-24(3,33-23)34-35-25)31-20(28)10-9-19(27)26-13-5-6-18(26)21(29)30-4/h14-18,22-23H,5-13H2,1-4H3/t14-,15-,16+,17+,18?,22-,23-,24+,25?/m1/s1. The molecule has 0 radical (unpaired) electrons. The average molecular weight is 496 g/mol. The molecule has 35 heavy (non-hydrogen) atoms. The van der Waals surface area contributed by atoms with E-state index in [1.807, 2.05) is 13.8 Å². The van der Waals surface area contributed by atoms with Crippen molar-refractivity contribution in [3.63, 3.8) is 0 Å². The lowest BCUT2D eigenvalue weighted by molar-refractivity contribution is -0.576. The lowest BCUT2D eigenvalue weighted by Crippen LogP contribution is -2.70. The third-order valence-electron chi connectivity index (χ3n) is 8.93. The van der Waals surface area contributed by atoms with Gasteiger partial charge in [0.2, 0.25) is 18.0 Å². The number of rotatable bonds is 5. The molecule has 1 amide bonds. The summed E-state index contributed by atoms with van der Waals surface area (Å²) in [5, 5.41) is 0. The fourth-order valence-corrected chi connectivity index (χ4v) is 6.99. The Kier molecular flexibility index (Phi) is 6.61. The Morgan fingerprint density at radius 1 is 1.03 bits per heavy atom. The number of carbonyl (C=O) groups excluding carboxylic acids is 3. The molecule has 0 aromatic carbocycles. The number of likely N-dealkylation sites (tertiary alicyclic amines) is 1. The SMILES string of the molecule is COC(=O)C1CCCN1C(=O)CCC(=O)O[C@@H]1O[C@@H]2O[C@]3(C)CC[C@H]4[C@H](C)CC[C@@H]([C@H]1C)C24OO3. The molecule has 2 bridgehead atoms. The third kappa shape index (κ3) is 4.16. The van der Waals surface area contributed by atoms with Crippen molar-refractivity contribution in [3.8, 4) is 0 Å². The van der Waals surface area contributed by atoms with Crippen LogP contribution in [0.15, 0.2) is 0 Å². The summed E-state index contributed by atoms with van der Waals surface area (Å²) in [5.74, 6) is -1.48. The van der Waals surface area contributed by atoms with Gasteiger partial charge in [-0.25, -0.2) is 14.6 Å². The second-order valence-corrected chi connectivity index (χ2v) is 11.0. The highest BCUT2D eigenvalue weighted by molar-refractivity contribution is 5.87. The van der Waals surface area contributed by atoms with Gasteiger partial charge >= 0.3 is 11.9 Å². The summed E-state index contributed by atoms with van der Waals surface area (Å²) < 4.78 is 23.1. The van der Waals surface area contributed by atoms with Gasteiger partial charge in [-0.05, 0) is 50.9 Å². The van der Waals surface area contributed by atoms with Gasteiger partial charge in [0.25, 0.3) is 0 Å². The van der Waals surface area contributed by atoms with Gasteiger partial charge in [-0.2, -0.15) is 0 Å². The molecule has 6 aliphatic rings. The molecule has 10 nitrogen and oxygen atoms in total. The molecule has 2 unspecified atom stereocenters. The van der Waals surface area contributed by atoms with Gasteiger partial charge in [-0.15, -0.1) is 0 Å². The van der Waals surface area contributed by atoms with Crippen molar-refractivity contribution in [3.05, 3.63) is 0 Å². The van der Waals surface area contributed by atoms with Crippen LogP contribution in [-0.4, -0.2) is 66.4 Å². The van der Waals surface area contributed by atoms with Crippen LogP contribution in [0.4, 0.5) is 0 Å². The van der Waals surface area contributed by atoms with Crippen LogP contribution in [-0.2, 0) is 43.1 Å². The largest absolute Gasteiger partial charge is 0.467 e. The minimum Gasteiger partial charge on any atom is -0.467 e. The molecule has 0 aromatic rings. The Hall–Kier alpha value is -1.75. The van der Waals surface area contributed by atoms with E-state index in [1.54, 1.807) is 0 Å². The van der Waals surface area contributed by atoms with Crippen molar-refractivity contribution in [2.45, 2.75) is 102 Å². The van der Waals surface area contributed by atoms with Crippen molar-refractivity contribution >= 4 is 17.8 Å². The minimum absolute atomic E-state index is 0.0324. The Labute approximate surface area is 205 Å². The Balaban J connectivity index is 1.24. The number of hydrogen-bond donors (Lipinski definition) is 0. The summed E-state index contributed by atoms with van der Waals surface area (Å²) in [5.41, 5.74) is -0.718. The number of methoxy groups -OCH3 is 1. The maximum Gasteiger partial charge on any atom is 0.328 e. The highest BCUT2D eigenvalue weighted by Gasteiger charge is 2.69. The van der Waals surface area contributed by atoms with E-state index >= 15 is 0 Å². The zero-order valence-electron chi connectivity index (χ0n) is 21.0. The summed E-state index contributed by atoms with van der Waals surface area (Å²) in [6.07, 6.45) is 3.29. The fourth-order valence-electron chi connectivity index (χ4n) is 6.99. The fraction of sp³-hybridized carbons (Fsp3) is 0.880. The van der Waals surface area contributed by atoms with E-state index in [0.717, 1.165) is 25.7 Å². The third-order valence-corrected chi connectivity index (χ3v) is 8.93. The summed E-state index contributed by atoms with van der Waals surface area (Å²) in [6, 6.07) is -0.575. The Bertz CT molecular complexity index is 866. The molecule has 6 fully saturated rings. The molecule has 9 atom stereocenters. The molecule has 5 heterocycles. The predicted molar refractivity (Wildman–Crippen MR) is 119 cm³/mol. The summed E-state index contributed by atoms with van der Waals surface area (Å²) in [4.78, 5) is 50.8. The van der Waals surface area contributed by atoms with Crippen LogP contribution >= 0.6 is 0 Å². The average Bonchev–Trinajstić information content (AvgIpc) is 3.22. The molecule has 196 valence electrons. The van der Waals surface area contributed by atoms with Crippen molar-refractivity contribution < 1.29 is 43.1 Å². The van der Waals surface area contributed by atoms with E-state index < -0.39 is 41.9 Å². The van der Waals surface area contributed by atoms with Crippen LogP contribution in [0.5, 0.6) is 0 Å². The molecule has 0 N–H and O–H groups in total. The topological polar surface area (TPSA) is 110 Å². The van der Waals surface area contributed by atoms with Crippen LogP contribution in [0.1, 0.15) is 72.1 Å². The first-order valence-corrected chi connectivity index (χ1v) is 13.0. The van der Waals surface area contributed by atoms with E-state index in [4.69, 9.17) is 28.7 Å². The maximum atomic E-state index is 12.8. The number of amides is 1. The van der Waals surface area contributed by atoms with Gasteiger partial charge in [-0.1, -0.05) is 13.8 Å². The van der Waals surface area contributed by atoms with Gasteiger partial charge < -0.3 is 23.8 Å². The predicted octanol–water partition coefficient (Wildman–Crippen LogP) is 2.68. The first-order valence-electron chi connectivity index (χ1n) is 13.0. The molecular formula is C25H37NO9. The van der Waals surface area contributed by atoms with Crippen LogP contribution < -0.4 is 0 Å². The normalized spacial score (nSPS) is 44.3. The zero-order valence-corrected chi connectivity index (χ0v) is 21.0. The van der Waals surface area contributed by atoms with Crippen LogP contribution in [0.3, 0.4) is 0 Å². The highest BCUT2D eigenvalue weighted by Crippen LogP contribution is 2.60.